The predicted molar refractivity (Wildman–Crippen MR) is 65.4 cm³/mol. The lowest BCUT2D eigenvalue weighted by atomic mass is 10.3. The maximum atomic E-state index is 12.2. The zero-order valence-corrected chi connectivity index (χ0v) is 11.6. The molecule has 1 aliphatic rings. The van der Waals surface area contributed by atoms with E-state index in [1.54, 1.807) is 0 Å². The topological polar surface area (TPSA) is 79.8 Å². The molecule has 2 heterocycles. The van der Waals surface area contributed by atoms with E-state index in [0.29, 0.717) is 25.9 Å². The third kappa shape index (κ3) is 4.20. The van der Waals surface area contributed by atoms with Crippen molar-refractivity contribution in [3.8, 4) is 17.8 Å². The van der Waals surface area contributed by atoms with Crippen LogP contribution in [-0.4, -0.2) is 55.5 Å². The Bertz CT molecular complexity index is 532. The molecule has 0 bridgehead atoms. The van der Waals surface area contributed by atoms with E-state index in [9.17, 15) is 18.0 Å². The smallest absolute Gasteiger partial charge is 0.422 e. The van der Waals surface area contributed by atoms with Crippen molar-refractivity contribution >= 4 is 6.29 Å². The third-order valence-corrected chi connectivity index (χ3v) is 2.70. The predicted octanol–water partition coefficient (Wildman–Crippen LogP) is 1.41. The number of aromatic nitrogens is 2. The first kappa shape index (κ1) is 16.3. The number of carbonyl (C=O) groups excluding carboxylic acids is 1. The second kappa shape index (κ2) is 6.77. The number of aldehydes is 1. The quantitative estimate of drug-likeness (QED) is 0.733. The van der Waals surface area contributed by atoms with Gasteiger partial charge in [-0.25, -0.2) is 0 Å². The Kier molecular flexibility index (Phi) is 5.01. The fourth-order valence-electron chi connectivity index (χ4n) is 1.73. The molecule has 1 fully saturated rings. The molecule has 22 heavy (non-hydrogen) atoms. The van der Waals surface area contributed by atoms with Gasteiger partial charge in [-0.3, -0.25) is 4.79 Å². The summed E-state index contributed by atoms with van der Waals surface area (Å²) >= 11 is 0. The number of rotatable bonds is 6. The van der Waals surface area contributed by atoms with Crippen LogP contribution in [0.2, 0.25) is 0 Å². The van der Waals surface area contributed by atoms with Crippen LogP contribution in [0.5, 0.6) is 17.8 Å². The van der Waals surface area contributed by atoms with Gasteiger partial charge in [-0.1, -0.05) is 0 Å². The monoisotopic (exact) mass is 322 g/mol. The van der Waals surface area contributed by atoms with Crippen molar-refractivity contribution in [2.75, 3.05) is 26.9 Å². The standard InChI is InChI=1S/C12H13F3N2O5/c1-19-9-8(4-18)10(22-7-2-3-20-5-7)17-11(16-9)21-6-12(13,14)15/h4,7H,2-3,5-6H2,1H3/t7-/m1/s1. The highest BCUT2D eigenvalue weighted by atomic mass is 19.4. The van der Waals surface area contributed by atoms with Crippen LogP contribution in [0.3, 0.4) is 0 Å². The van der Waals surface area contributed by atoms with E-state index in [1.807, 2.05) is 0 Å². The van der Waals surface area contributed by atoms with E-state index in [1.165, 1.54) is 7.11 Å². The van der Waals surface area contributed by atoms with Crippen molar-refractivity contribution < 1.29 is 36.9 Å². The molecule has 0 aliphatic carbocycles. The van der Waals surface area contributed by atoms with Gasteiger partial charge in [0.15, 0.2) is 12.9 Å². The van der Waals surface area contributed by atoms with Crippen molar-refractivity contribution in [3.63, 3.8) is 0 Å². The van der Waals surface area contributed by atoms with Gasteiger partial charge in [0.05, 0.1) is 20.3 Å². The number of alkyl halides is 3. The van der Waals surface area contributed by atoms with Crippen LogP contribution < -0.4 is 14.2 Å². The lowest BCUT2D eigenvalue weighted by molar-refractivity contribution is -0.154. The van der Waals surface area contributed by atoms with Gasteiger partial charge in [0.2, 0.25) is 11.8 Å². The van der Waals surface area contributed by atoms with Gasteiger partial charge in [-0.2, -0.15) is 23.1 Å². The summed E-state index contributed by atoms with van der Waals surface area (Å²) in [7, 11) is 1.21. The van der Waals surface area contributed by atoms with Crippen LogP contribution in [0.1, 0.15) is 16.8 Å². The van der Waals surface area contributed by atoms with Gasteiger partial charge < -0.3 is 18.9 Å². The summed E-state index contributed by atoms with van der Waals surface area (Å²) < 4.78 is 56.4. The maximum Gasteiger partial charge on any atom is 0.422 e. The van der Waals surface area contributed by atoms with Crippen molar-refractivity contribution in [2.24, 2.45) is 0 Å². The molecule has 2 rings (SSSR count). The fraction of sp³-hybridized carbons (Fsp3) is 0.583. The largest absolute Gasteiger partial charge is 0.480 e. The van der Waals surface area contributed by atoms with Crippen LogP contribution in [0.4, 0.5) is 13.2 Å². The molecule has 10 heteroatoms. The molecular weight excluding hydrogens is 309 g/mol. The number of halogens is 3. The molecule has 0 N–H and O–H groups in total. The van der Waals surface area contributed by atoms with Gasteiger partial charge in [-0.05, 0) is 0 Å². The zero-order chi connectivity index (χ0) is 16.2. The molecular formula is C12H13F3N2O5. The Morgan fingerprint density at radius 2 is 2.09 bits per heavy atom. The summed E-state index contributed by atoms with van der Waals surface area (Å²) in [4.78, 5) is 18.4. The van der Waals surface area contributed by atoms with Gasteiger partial charge in [-0.15, -0.1) is 0 Å². The van der Waals surface area contributed by atoms with Gasteiger partial charge in [0.1, 0.15) is 11.7 Å². The highest BCUT2D eigenvalue weighted by molar-refractivity contribution is 5.81. The second-order valence-corrected chi connectivity index (χ2v) is 4.36. The Balaban J connectivity index is 2.25. The molecule has 1 aromatic rings. The number of nitrogens with zero attached hydrogens (tertiary/aromatic N) is 2. The summed E-state index contributed by atoms with van der Waals surface area (Å²) in [6.07, 6.45) is -3.92. The molecule has 0 unspecified atom stereocenters. The molecule has 0 saturated carbocycles. The lowest BCUT2D eigenvalue weighted by Crippen LogP contribution is -2.21. The number of methoxy groups -OCH3 is 1. The summed E-state index contributed by atoms with van der Waals surface area (Å²) in [6, 6.07) is -0.589. The van der Waals surface area contributed by atoms with Crippen LogP contribution in [-0.2, 0) is 4.74 Å². The van der Waals surface area contributed by atoms with Crippen LogP contribution >= 0.6 is 0 Å². The number of carbonyl (C=O) groups is 1. The molecule has 7 nitrogen and oxygen atoms in total. The second-order valence-electron chi connectivity index (χ2n) is 4.36. The molecule has 1 atom stereocenters. The highest BCUT2D eigenvalue weighted by Gasteiger charge is 2.30. The van der Waals surface area contributed by atoms with E-state index in [0.717, 1.165) is 0 Å². The van der Waals surface area contributed by atoms with Gasteiger partial charge >= 0.3 is 12.2 Å². The van der Waals surface area contributed by atoms with E-state index in [4.69, 9.17) is 14.2 Å². The van der Waals surface area contributed by atoms with E-state index < -0.39 is 18.8 Å². The molecule has 1 aliphatic heterocycles. The molecule has 122 valence electrons. The SMILES string of the molecule is COc1nc(OCC(F)(F)F)nc(O[C@@H]2CCOC2)c1C=O. The first-order chi connectivity index (χ1) is 10.4. The number of ether oxygens (including phenoxy) is 4. The van der Waals surface area contributed by atoms with E-state index >= 15 is 0 Å². The molecule has 1 aromatic heterocycles. The van der Waals surface area contributed by atoms with Crippen LogP contribution in [0, 0.1) is 0 Å². The Morgan fingerprint density at radius 1 is 1.36 bits per heavy atom. The molecule has 1 saturated heterocycles. The molecule has 0 amide bonds. The highest BCUT2D eigenvalue weighted by Crippen LogP contribution is 2.28. The Labute approximate surface area is 123 Å². The molecule has 0 spiro atoms. The Morgan fingerprint density at radius 3 is 2.64 bits per heavy atom. The molecule has 0 radical (unpaired) electrons. The maximum absolute atomic E-state index is 12.2. The van der Waals surface area contributed by atoms with Crippen LogP contribution in [0.25, 0.3) is 0 Å². The summed E-state index contributed by atoms with van der Waals surface area (Å²) in [5.41, 5.74) is -0.103. The Hall–Kier alpha value is -2.10. The first-order valence-corrected chi connectivity index (χ1v) is 6.28. The van der Waals surface area contributed by atoms with Crippen molar-refractivity contribution in [2.45, 2.75) is 18.7 Å². The first-order valence-electron chi connectivity index (χ1n) is 6.28. The van der Waals surface area contributed by atoms with Crippen LogP contribution in [0.15, 0.2) is 0 Å². The van der Waals surface area contributed by atoms with Crippen molar-refractivity contribution in [1.82, 2.24) is 9.97 Å². The number of hydrogen-bond donors (Lipinski definition) is 0. The molecule has 0 aromatic carbocycles. The average molecular weight is 322 g/mol. The minimum atomic E-state index is -4.54. The summed E-state index contributed by atoms with van der Waals surface area (Å²) in [6.45, 7) is -0.785. The minimum absolute atomic E-state index is 0.103. The lowest BCUT2D eigenvalue weighted by Gasteiger charge is -2.15. The number of hydrogen-bond acceptors (Lipinski definition) is 7. The van der Waals surface area contributed by atoms with Gasteiger partial charge in [0.25, 0.3) is 0 Å². The summed E-state index contributed by atoms with van der Waals surface area (Å²) in [5, 5.41) is 0. The van der Waals surface area contributed by atoms with Gasteiger partial charge in [0, 0.05) is 6.42 Å². The average Bonchev–Trinajstić information content (AvgIpc) is 2.96. The van der Waals surface area contributed by atoms with Crippen molar-refractivity contribution in [1.29, 1.82) is 0 Å². The fourth-order valence-corrected chi connectivity index (χ4v) is 1.73. The zero-order valence-electron chi connectivity index (χ0n) is 11.6. The normalized spacial score (nSPS) is 18.1. The summed E-state index contributed by atoms with van der Waals surface area (Å²) in [5.74, 6) is -0.425. The third-order valence-electron chi connectivity index (χ3n) is 2.70. The minimum Gasteiger partial charge on any atom is -0.480 e. The van der Waals surface area contributed by atoms with Crippen molar-refractivity contribution in [3.05, 3.63) is 5.56 Å². The van der Waals surface area contributed by atoms with E-state index in [-0.39, 0.29) is 23.4 Å². The van der Waals surface area contributed by atoms with E-state index in [2.05, 4.69) is 14.7 Å².